The summed E-state index contributed by atoms with van der Waals surface area (Å²) in [6.45, 7) is 7.15. The summed E-state index contributed by atoms with van der Waals surface area (Å²) in [5.74, 6) is 2.11. The predicted octanol–water partition coefficient (Wildman–Crippen LogP) is 3.70. The van der Waals surface area contributed by atoms with E-state index >= 15 is 0 Å². The molecule has 0 saturated heterocycles. The summed E-state index contributed by atoms with van der Waals surface area (Å²) in [5, 5.41) is 3.26. The van der Waals surface area contributed by atoms with Crippen molar-refractivity contribution in [3.8, 4) is 11.3 Å². The molecule has 2 aromatic rings. The number of hydrogen-bond acceptors (Lipinski definition) is 3. The van der Waals surface area contributed by atoms with E-state index in [4.69, 9.17) is 0 Å². The SMILES string of the molecule is CCNc1cc(-c2ccccc2)nc(C(C)C)n1. The van der Waals surface area contributed by atoms with E-state index in [1.54, 1.807) is 0 Å². The van der Waals surface area contributed by atoms with E-state index < -0.39 is 0 Å². The van der Waals surface area contributed by atoms with Gasteiger partial charge in [0.05, 0.1) is 5.69 Å². The third-order valence-electron chi connectivity index (χ3n) is 2.69. The fourth-order valence-corrected chi connectivity index (χ4v) is 1.75. The van der Waals surface area contributed by atoms with Crippen LogP contribution >= 0.6 is 0 Å². The van der Waals surface area contributed by atoms with Crippen molar-refractivity contribution in [2.45, 2.75) is 26.7 Å². The number of nitrogens with zero attached hydrogens (tertiary/aromatic N) is 2. The van der Waals surface area contributed by atoms with Crippen LogP contribution in [0, 0.1) is 0 Å². The van der Waals surface area contributed by atoms with Crippen LogP contribution < -0.4 is 5.32 Å². The summed E-state index contributed by atoms with van der Waals surface area (Å²) >= 11 is 0. The molecular weight excluding hydrogens is 222 g/mol. The lowest BCUT2D eigenvalue weighted by molar-refractivity contribution is 0.776. The van der Waals surface area contributed by atoms with Gasteiger partial charge in [0.1, 0.15) is 11.6 Å². The number of aromatic nitrogens is 2. The molecule has 0 aliphatic heterocycles. The van der Waals surface area contributed by atoms with Crippen molar-refractivity contribution >= 4 is 5.82 Å². The van der Waals surface area contributed by atoms with Crippen LogP contribution in [0.4, 0.5) is 5.82 Å². The Hall–Kier alpha value is -1.90. The van der Waals surface area contributed by atoms with Gasteiger partial charge in [-0.15, -0.1) is 0 Å². The molecule has 0 amide bonds. The first kappa shape index (κ1) is 12.6. The minimum atomic E-state index is 0.325. The average Bonchev–Trinajstić information content (AvgIpc) is 2.40. The molecule has 0 spiro atoms. The molecular formula is C15H19N3. The van der Waals surface area contributed by atoms with Crippen molar-refractivity contribution < 1.29 is 0 Å². The van der Waals surface area contributed by atoms with Gasteiger partial charge in [0.15, 0.2) is 0 Å². The van der Waals surface area contributed by atoms with Crippen LogP contribution in [0.5, 0.6) is 0 Å². The summed E-state index contributed by atoms with van der Waals surface area (Å²) in [5.41, 5.74) is 2.10. The molecule has 0 saturated carbocycles. The second-order valence-electron chi connectivity index (χ2n) is 4.55. The van der Waals surface area contributed by atoms with Crippen LogP contribution in [-0.2, 0) is 0 Å². The average molecular weight is 241 g/mol. The topological polar surface area (TPSA) is 37.8 Å². The van der Waals surface area contributed by atoms with Crippen molar-refractivity contribution in [1.82, 2.24) is 9.97 Å². The van der Waals surface area contributed by atoms with Crippen molar-refractivity contribution in [3.05, 3.63) is 42.2 Å². The molecule has 3 heteroatoms. The number of benzene rings is 1. The number of rotatable bonds is 4. The molecule has 94 valence electrons. The molecule has 18 heavy (non-hydrogen) atoms. The van der Waals surface area contributed by atoms with Gasteiger partial charge in [-0.2, -0.15) is 0 Å². The molecule has 0 fully saturated rings. The van der Waals surface area contributed by atoms with Crippen molar-refractivity contribution in [3.63, 3.8) is 0 Å². The maximum absolute atomic E-state index is 4.63. The Morgan fingerprint density at radius 2 is 1.83 bits per heavy atom. The van der Waals surface area contributed by atoms with Crippen LogP contribution in [0.15, 0.2) is 36.4 Å². The van der Waals surface area contributed by atoms with Gasteiger partial charge >= 0.3 is 0 Å². The third kappa shape index (κ3) is 2.86. The van der Waals surface area contributed by atoms with Crippen molar-refractivity contribution in [2.24, 2.45) is 0 Å². The lowest BCUT2D eigenvalue weighted by atomic mass is 10.1. The van der Waals surface area contributed by atoms with E-state index in [1.165, 1.54) is 0 Å². The summed E-state index contributed by atoms with van der Waals surface area (Å²) in [4.78, 5) is 9.16. The summed E-state index contributed by atoms with van der Waals surface area (Å²) in [6.07, 6.45) is 0. The van der Waals surface area contributed by atoms with E-state index in [0.29, 0.717) is 5.92 Å². The van der Waals surface area contributed by atoms with Gasteiger partial charge in [-0.1, -0.05) is 44.2 Å². The normalized spacial score (nSPS) is 10.7. The molecule has 1 aromatic heterocycles. The van der Waals surface area contributed by atoms with E-state index in [-0.39, 0.29) is 0 Å². The second-order valence-corrected chi connectivity index (χ2v) is 4.55. The molecule has 0 aliphatic carbocycles. The zero-order valence-corrected chi connectivity index (χ0v) is 11.1. The summed E-state index contributed by atoms with van der Waals surface area (Å²) < 4.78 is 0. The van der Waals surface area contributed by atoms with Gasteiger partial charge in [0, 0.05) is 24.1 Å². The van der Waals surface area contributed by atoms with Crippen molar-refractivity contribution in [1.29, 1.82) is 0 Å². The highest BCUT2D eigenvalue weighted by Gasteiger charge is 2.08. The Kier molecular flexibility index (Phi) is 3.92. The van der Waals surface area contributed by atoms with E-state index in [9.17, 15) is 0 Å². The lowest BCUT2D eigenvalue weighted by Gasteiger charge is -2.10. The van der Waals surface area contributed by atoms with Gasteiger partial charge in [-0.25, -0.2) is 9.97 Å². The largest absolute Gasteiger partial charge is 0.370 e. The fraction of sp³-hybridized carbons (Fsp3) is 0.333. The smallest absolute Gasteiger partial charge is 0.133 e. The minimum absolute atomic E-state index is 0.325. The van der Waals surface area contributed by atoms with Crippen LogP contribution in [0.3, 0.4) is 0 Å². The predicted molar refractivity (Wildman–Crippen MR) is 75.7 cm³/mol. The summed E-state index contributed by atoms with van der Waals surface area (Å²) in [7, 11) is 0. The van der Waals surface area contributed by atoms with E-state index in [2.05, 4.69) is 48.2 Å². The van der Waals surface area contributed by atoms with Crippen molar-refractivity contribution in [2.75, 3.05) is 11.9 Å². The standard InChI is InChI=1S/C15H19N3/c1-4-16-14-10-13(12-8-6-5-7-9-12)17-15(18-14)11(2)3/h5-11H,4H2,1-3H3,(H,16,17,18). The fourth-order valence-electron chi connectivity index (χ4n) is 1.75. The maximum Gasteiger partial charge on any atom is 0.133 e. The Bertz CT molecular complexity index is 506. The third-order valence-corrected chi connectivity index (χ3v) is 2.69. The van der Waals surface area contributed by atoms with Gasteiger partial charge in [-0.05, 0) is 6.92 Å². The zero-order chi connectivity index (χ0) is 13.0. The highest BCUT2D eigenvalue weighted by molar-refractivity contribution is 5.62. The van der Waals surface area contributed by atoms with E-state index in [0.717, 1.165) is 29.4 Å². The molecule has 2 rings (SSSR count). The monoisotopic (exact) mass is 241 g/mol. The van der Waals surface area contributed by atoms with Crippen LogP contribution in [0.2, 0.25) is 0 Å². The minimum Gasteiger partial charge on any atom is -0.370 e. The van der Waals surface area contributed by atoms with Crippen LogP contribution in [0.1, 0.15) is 32.5 Å². The van der Waals surface area contributed by atoms with Gasteiger partial charge in [0.25, 0.3) is 0 Å². The first-order valence-corrected chi connectivity index (χ1v) is 6.39. The van der Waals surface area contributed by atoms with E-state index in [1.807, 2.05) is 24.3 Å². The molecule has 1 N–H and O–H groups in total. The maximum atomic E-state index is 4.63. The Balaban J connectivity index is 2.46. The van der Waals surface area contributed by atoms with Crippen LogP contribution in [0.25, 0.3) is 11.3 Å². The van der Waals surface area contributed by atoms with Gasteiger partial charge in [0.2, 0.25) is 0 Å². The molecule has 0 bridgehead atoms. The first-order valence-electron chi connectivity index (χ1n) is 6.39. The first-order chi connectivity index (χ1) is 8.70. The second kappa shape index (κ2) is 5.63. The van der Waals surface area contributed by atoms with Gasteiger partial charge < -0.3 is 5.32 Å². The molecule has 3 nitrogen and oxygen atoms in total. The Morgan fingerprint density at radius 1 is 1.11 bits per heavy atom. The lowest BCUT2D eigenvalue weighted by Crippen LogP contribution is -2.05. The number of nitrogens with one attached hydrogen (secondary N) is 1. The molecule has 0 radical (unpaired) electrons. The molecule has 0 aliphatic rings. The summed E-state index contributed by atoms with van der Waals surface area (Å²) in [6, 6.07) is 12.2. The molecule has 0 atom stereocenters. The molecule has 0 unspecified atom stereocenters. The Morgan fingerprint density at radius 3 is 2.44 bits per heavy atom. The quantitative estimate of drug-likeness (QED) is 0.887. The molecule has 1 heterocycles. The number of hydrogen-bond donors (Lipinski definition) is 1. The number of anilines is 1. The highest BCUT2D eigenvalue weighted by Crippen LogP contribution is 2.22. The Labute approximate surface area is 108 Å². The zero-order valence-electron chi connectivity index (χ0n) is 11.1. The highest BCUT2D eigenvalue weighted by atomic mass is 15.0. The molecule has 1 aromatic carbocycles. The van der Waals surface area contributed by atoms with Crippen LogP contribution in [-0.4, -0.2) is 16.5 Å². The van der Waals surface area contributed by atoms with Gasteiger partial charge in [-0.3, -0.25) is 0 Å².